The molecule has 3 aromatic carbocycles. The van der Waals surface area contributed by atoms with Crippen molar-refractivity contribution in [2.24, 2.45) is 0 Å². The van der Waals surface area contributed by atoms with Crippen LogP contribution >= 0.6 is 0 Å². The number of piperazine rings is 1. The van der Waals surface area contributed by atoms with E-state index in [0.717, 1.165) is 13.1 Å². The molecule has 4 rings (SSSR count). The molecular formula is C25H26N2O2. The largest absolute Gasteiger partial charge is 0.372 e. The second kappa shape index (κ2) is 8.10. The highest BCUT2D eigenvalue weighted by Crippen LogP contribution is 2.32. The fraction of sp³-hybridized carbons (Fsp3) is 0.240. The molecule has 0 saturated carbocycles. The summed E-state index contributed by atoms with van der Waals surface area (Å²) >= 11 is 0. The zero-order valence-corrected chi connectivity index (χ0v) is 16.7. The highest BCUT2D eigenvalue weighted by Gasteiger charge is 2.43. The van der Waals surface area contributed by atoms with Crippen molar-refractivity contribution in [3.05, 3.63) is 102 Å². The van der Waals surface area contributed by atoms with Crippen LogP contribution in [-0.4, -0.2) is 42.1 Å². The van der Waals surface area contributed by atoms with Gasteiger partial charge in [-0.25, -0.2) is 0 Å². The summed E-state index contributed by atoms with van der Waals surface area (Å²) in [6.07, 6.45) is 0. The molecule has 148 valence electrons. The second-order valence-corrected chi connectivity index (χ2v) is 7.56. The van der Waals surface area contributed by atoms with E-state index in [2.05, 4.69) is 36.1 Å². The SMILES string of the molecule is Cc1cccc(N2CCN(C(=O)C(O)(c3ccccc3)c3ccccc3)CC2)c1. The Balaban J connectivity index is 1.58. The Labute approximate surface area is 172 Å². The molecule has 0 aromatic heterocycles. The maximum absolute atomic E-state index is 13.6. The summed E-state index contributed by atoms with van der Waals surface area (Å²) < 4.78 is 0. The minimum atomic E-state index is -1.69. The summed E-state index contributed by atoms with van der Waals surface area (Å²) in [6.45, 7) is 4.73. The van der Waals surface area contributed by atoms with Gasteiger partial charge < -0.3 is 14.9 Å². The smallest absolute Gasteiger partial charge is 0.264 e. The molecule has 1 saturated heterocycles. The summed E-state index contributed by atoms with van der Waals surface area (Å²) in [4.78, 5) is 17.7. The number of amides is 1. The summed E-state index contributed by atoms with van der Waals surface area (Å²) in [5, 5.41) is 11.7. The summed E-state index contributed by atoms with van der Waals surface area (Å²) in [5.74, 6) is -0.265. The van der Waals surface area contributed by atoms with Crippen molar-refractivity contribution in [2.45, 2.75) is 12.5 Å². The molecule has 0 aliphatic carbocycles. The monoisotopic (exact) mass is 386 g/mol. The number of benzene rings is 3. The molecule has 1 heterocycles. The molecule has 4 nitrogen and oxygen atoms in total. The first-order valence-corrected chi connectivity index (χ1v) is 10.0. The zero-order chi connectivity index (χ0) is 20.3. The van der Waals surface area contributed by atoms with Crippen molar-refractivity contribution in [3.8, 4) is 0 Å². The van der Waals surface area contributed by atoms with Crippen molar-refractivity contribution < 1.29 is 9.90 Å². The van der Waals surface area contributed by atoms with Gasteiger partial charge in [-0.3, -0.25) is 4.79 Å². The van der Waals surface area contributed by atoms with Crippen LogP contribution in [0.3, 0.4) is 0 Å². The van der Waals surface area contributed by atoms with Crippen LogP contribution in [0.5, 0.6) is 0 Å². The molecule has 0 spiro atoms. The fourth-order valence-electron chi connectivity index (χ4n) is 3.99. The highest BCUT2D eigenvalue weighted by atomic mass is 16.3. The third-order valence-electron chi connectivity index (χ3n) is 5.63. The number of aryl methyl sites for hydroxylation is 1. The molecule has 0 unspecified atom stereocenters. The van der Waals surface area contributed by atoms with E-state index in [0.29, 0.717) is 24.2 Å². The molecule has 0 radical (unpaired) electrons. The van der Waals surface area contributed by atoms with Crippen molar-refractivity contribution in [2.75, 3.05) is 31.1 Å². The Hall–Kier alpha value is -3.11. The van der Waals surface area contributed by atoms with E-state index in [1.54, 1.807) is 4.90 Å². The number of hydrogen-bond donors (Lipinski definition) is 1. The summed E-state index contributed by atoms with van der Waals surface area (Å²) in [5.41, 5.74) is 1.91. The van der Waals surface area contributed by atoms with Gasteiger partial charge in [0, 0.05) is 31.9 Å². The third-order valence-corrected chi connectivity index (χ3v) is 5.63. The maximum atomic E-state index is 13.6. The van der Waals surface area contributed by atoms with Crippen molar-refractivity contribution >= 4 is 11.6 Å². The molecule has 4 heteroatoms. The van der Waals surface area contributed by atoms with Crippen molar-refractivity contribution in [1.29, 1.82) is 0 Å². The van der Waals surface area contributed by atoms with Gasteiger partial charge in [0.15, 0.2) is 5.60 Å². The van der Waals surface area contributed by atoms with Gasteiger partial charge in [0.05, 0.1) is 0 Å². The minimum Gasteiger partial charge on any atom is -0.372 e. The van der Waals surface area contributed by atoms with E-state index in [4.69, 9.17) is 0 Å². The molecule has 29 heavy (non-hydrogen) atoms. The third kappa shape index (κ3) is 3.76. The Morgan fingerprint density at radius 3 is 1.86 bits per heavy atom. The van der Waals surface area contributed by atoms with Gasteiger partial charge in [0.2, 0.25) is 0 Å². The zero-order valence-electron chi connectivity index (χ0n) is 16.7. The van der Waals surface area contributed by atoms with E-state index >= 15 is 0 Å². The van der Waals surface area contributed by atoms with Crippen molar-refractivity contribution in [1.82, 2.24) is 4.90 Å². The lowest BCUT2D eigenvalue weighted by Gasteiger charge is -2.40. The van der Waals surface area contributed by atoms with Crippen LogP contribution in [0.25, 0.3) is 0 Å². The van der Waals surface area contributed by atoms with E-state index in [1.807, 2.05) is 60.7 Å². The van der Waals surface area contributed by atoms with Gasteiger partial charge in [0.1, 0.15) is 0 Å². The van der Waals surface area contributed by atoms with Gasteiger partial charge in [-0.15, -0.1) is 0 Å². The van der Waals surface area contributed by atoms with Crippen LogP contribution < -0.4 is 4.90 Å². The number of aliphatic hydroxyl groups is 1. The van der Waals surface area contributed by atoms with Gasteiger partial charge in [-0.1, -0.05) is 72.8 Å². The van der Waals surface area contributed by atoms with Crippen LogP contribution in [0.1, 0.15) is 16.7 Å². The van der Waals surface area contributed by atoms with Crippen LogP contribution in [-0.2, 0) is 10.4 Å². The van der Waals surface area contributed by atoms with Gasteiger partial charge in [-0.05, 0) is 35.7 Å². The van der Waals surface area contributed by atoms with E-state index in [1.165, 1.54) is 11.3 Å². The van der Waals surface area contributed by atoms with E-state index in [9.17, 15) is 9.90 Å². The number of nitrogens with zero attached hydrogens (tertiary/aromatic N) is 2. The molecule has 1 aliphatic rings. The fourth-order valence-corrected chi connectivity index (χ4v) is 3.99. The first kappa shape index (κ1) is 19.2. The molecule has 0 atom stereocenters. The Morgan fingerprint density at radius 2 is 1.34 bits per heavy atom. The number of carbonyl (C=O) groups is 1. The van der Waals surface area contributed by atoms with Gasteiger partial charge >= 0.3 is 0 Å². The quantitative estimate of drug-likeness (QED) is 0.745. The van der Waals surface area contributed by atoms with Crippen LogP contribution in [0, 0.1) is 6.92 Å². The molecular weight excluding hydrogens is 360 g/mol. The molecule has 1 amide bonds. The topological polar surface area (TPSA) is 43.8 Å². The first-order chi connectivity index (χ1) is 14.1. The molecule has 1 aliphatic heterocycles. The molecule has 1 fully saturated rings. The van der Waals surface area contributed by atoms with Gasteiger partial charge in [-0.2, -0.15) is 0 Å². The number of anilines is 1. The summed E-state index contributed by atoms with van der Waals surface area (Å²) in [6, 6.07) is 26.9. The normalized spacial score (nSPS) is 14.7. The van der Waals surface area contributed by atoms with Crippen LogP contribution in [0.2, 0.25) is 0 Å². The predicted molar refractivity (Wildman–Crippen MR) is 116 cm³/mol. The summed E-state index contributed by atoms with van der Waals surface area (Å²) in [7, 11) is 0. The van der Waals surface area contributed by atoms with E-state index < -0.39 is 5.60 Å². The molecule has 1 N–H and O–H groups in total. The van der Waals surface area contributed by atoms with Crippen molar-refractivity contribution in [3.63, 3.8) is 0 Å². The lowest BCUT2D eigenvalue weighted by atomic mass is 9.85. The van der Waals surface area contributed by atoms with Crippen LogP contribution in [0.15, 0.2) is 84.9 Å². The lowest BCUT2D eigenvalue weighted by molar-refractivity contribution is -0.148. The Morgan fingerprint density at radius 1 is 0.793 bits per heavy atom. The first-order valence-electron chi connectivity index (χ1n) is 10.0. The molecule has 3 aromatic rings. The maximum Gasteiger partial charge on any atom is 0.264 e. The van der Waals surface area contributed by atoms with E-state index in [-0.39, 0.29) is 5.91 Å². The van der Waals surface area contributed by atoms with Crippen LogP contribution in [0.4, 0.5) is 5.69 Å². The Bertz CT molecular complexity index is 925. The number of carbonyl (C=O) groups excluding carboxylic acids is 1. The average molecular weight is 386 g/mol. The van der Waals surface area contributed by atoms with Gasteiger partial charge in [0.25, 0.3) is 5.91 Å². The highest BCUT2D eigenvalue weighted by molar-refractivity contribution is 5.90. The minimum absolute atomic E-state index is 0.265. The lowest BCUT2D eigenvalue weighted by Crippen LogP contribution is -2.55. The second-order valence-electron chi connectivity index (χ2n) is 7.56. The molecule has 0 bridgehead atoms. The predicted octanol–water partition coefficient (Wildman–Crippen LogP) is 3.58. The average Bonchev–Trinajstić information content (AvgIpc) is 2.79. The Kier molecular flexibility index (Phi) is 5.36. The standard InChI is InChI=1S/C25H26N2O2/c1-20-9-8-14-23(19-20)26-15-17-27(18-16-26)24(28)25(29,21-10-4-2-5-11-21)22-12-6-3-7-13-22/h2-14,19,29H,15-18H2,1H3. The number of rotatable bonds is 4. The number of hydrogen-bond acceptors (Lipinski definition) is 3.